The number of nitrogens with zero attached hydrogens (tertiary/aromatic N) is 1. The van der Waals surface area contributed by atoms with Crippen LogP contribution >= 0.6 is 0 Å². The van der Waals surface area contributed by atoms with Gasteiger partial charge in [0.15, 0.2) is 0 Å². The number of hydrogen-bond acceptors (Lipinski definition) is 1. The van der Waals surface area contributed by atoms with Gasteiger partial charge in [0.25, 0.3) is 0 Å². The quantitative estimate of drug-likeness (QED) is 0.435. The molecule has 0 amide bonds. The molecule has 1 aromatic carbocycles. The maximum atomic E-state index is 2.96. The zero-order valence-electron chi connectivity index (χ0n) is 21.1. The van der Waals surface area contributed by atoms with Gasteiger partial charge in [-0.05, 0) is 68.3 Å². The fraction of sp³-hybridized carbons (Fsp3) is 0.793. The van der Waals surface area contributed by atoms with Gasteiger partial charge in [-0.15, -0.1) is 0 Å². The molecule has 2 aliphatic rings. The Kier molecular flexibility index (Phi) is 7.43. The molecule has 1 heterocycles. The summed E-state index contributed by atoms with van der Waals surface area (Å²) in [4.78, 5) is 2.96. The fourth-order valence-corrected chi connectivity index (χ4v) is 7.42. The molecule has 1 aliphatic heterocycles. The van der Waals surface area contributed by atoms with Crippen molar-refractivity contribution < 1.29 is 0 Å². The van der Waals surface area contributed by atoms with Crippen LogP contribution in [0.25, 0.3) is 0 Å². The van der Waals surface area contributed by atoms with Gasteiger partial charge in [0.05, 0.1) is 0 Å². The molecule has 1 saturated heterocycles. The van der Waals surface area contributed by atoms with Gasteiger partial charge in [-0.25, -0.2) is 0 Å². The van der Waals surface area contributed by atoms with E-state index in [1.54, 1.807) is 0 Å². The first-order valence-electron chi connectivity index (χ1n) is 13.0. The molecule has 30 heavy (non-hydrogen) atoms. The van der Waals surface area contributed by atoms with Crippen LogP contribution in [-0.4, -0.2) is 22.5 Å². The number of hydrogen-bond donors (Lipinski definition) is 0. The first kappa shape index (κ1) is 23.8. The van der Waals surface area contributed by atoms with Crippen LogP contribution in [0, 0.1) is 17.3 Å². The molecule has 0 bridgehead atoms. The van der Waals surface area contributed by atoms with Crippen LogP contribution in [-0.2, 0) is 0 Å². The van der Waals surface area contributed by atoms with Gasteiger partial charge in [-0.2, -0.15) is 0 Å². The van der Waals surface area contributed by atoms with Crippen LogP contribution in [0.5, 0.6) is 0 Å². The minimum absolute atomic E-state index is 0.259. The first-order valence-corrected chi connectivity index (χ1v) is 13.0. The molecule has 2 fully saturated rings. The zero-order chi connectivity index (χ0) is 22.0. The van der Waals surface area contributed by atoms with E-state index in [-0.39, 0.29) is 11.1 Å². The minimum atomic E-state index is 0.259. The highest BCUT2D eigenvalue weighted by Gasteiger charge is 2.57. The number of benzene rings is 1. The normalized spacial score (nSPS) is 37.2. The Balaban J connectivity index is 1.90. The molecular weight excluding hydrogens is 362 g/mol. The van der Waals surface area contributed by atoms with Crippen molar-refractivity contribution in [2.45, 2.75) is 123 Å². The van der Waals surface area contributed by atoms with E-state index in [4.69, 9.17) is 0 Å². The largest absolute Gasteiger partial charge is 0.292 e. The second-order valence-corrected chi connectivity index (χ2v) is 11.7. The summed E-state index contributed by atoms with van der Waals surface area (Å²) in [7, 11) is 0. The number of likely N-dealkylation sites (tertiary alicyclic amines) is 1. The topological polar surface area (TPSA) is 3.24 Å². The maximum Gasteiger partial charge on any atom is 0.0215 e. The molecule has 0 N–H and O–H groups in total. The number of rotatable bonds is 7. The van der Waals surface area contributed by atoms with E-state index in [1.807, 2.05) is 0 Å². The average molecular weight is 412 g/mol. The molecule has 5 atom stereocenters. The lowest BCUT2D eigenvalue weighted by Gasteiger charge is -2.65. The van der Waals surface area contributed by atoms with Crippen LogP contribution in [0.3, 0.4) is 0 Å². The van der Waals surface area contributed by atoms with Crippen LogP contribution in [0.2, 0.25) is 0 Å². The molecule has 5 unspecified atom stereocenters. The second-order valence-electron chi connectivity index (χ2n) is 11.7. The van der Waals surface area contributed by atoms with Crippen LogP contribution < -0.4 is 0 Å². The second kappa shape index (κ2) is 9.35. The van der Waals surface area contributed by atoms with Gasteiger partial charge in [-0.1, -0.05) is 97.1 Å². The third-order valence-corrected chi connectivity index (χ3v) is 9.81. The highest BCUT2D eigenvalue weighted by molar-refractivity contribution is 5.20. The van der Waals surface area contributed by atoms with Crippen molar-refractivity contribution in [1.82, 2.24) is 4.90 Å². The zero-order valence-corrected chi connectivity index (χ0v) is 21.1. The van der Waals surface area contributed by atoms with Gasteiger partial charge in [0.1, 0.15) is 0 Å². The molecule has 1 aromatic rings. The van der Waals surface area contributed by atoms with Gasteiger partial charge in [0.2, 0.25) is 0 Å². The van der Waals surface area contributed by atoms with E-state index in [1.165, 1.54) is 69.9 Å². The Hall–Kier alpha value is -0.820. The van der Waals surface area contributed by atoms with Crippen molar-refractivity contribution in [3.05, 3.63) is 35.9 Å². The summed E-state index contributed by atoms with van der Waals surface area (Å²) in [6, 6.07) is 11.2. The molecule has 170 valence electrons. The van der Waals surface area contributed by atoms with Crippen molar-refractivity contribution in [2.24, 2.45) is 17.3 Å². The summed E-state index contributed by atoms with van der Waals surface area (Å²) in [5.41, 5.74) is 2.47. The number of piperidine rings is 1. The predicted octanol–water partition coefficient (Wildman–Crippen LogP) is 8.45. The minimum Gasteiger partial charge on any atom is -0.292 e. The predicted molar refractivity (Wildman–Crippen MR) is 132 cm³/mol. The van der Waals surface area contributed by atoms with Gasteiger partial charge in [0, 0.05) is 17.6 Å². The lowest BCUT2D eigenvalue weighted by atomic mass is 9.54. The SMILES string of the molecule is CCC1(C)CC(C)(CC2CCCCC2)C(C)C(C)(CC)N1CC(C)c1ccccc1. The fourth-order valence-electron chi connectivity index (χ4n) is 7.42. The van der Waals surface area contributed by atoms with Crippen molar-refractivity contribution in [2.75, 3.05) is 6.54 Å². The molecule has 1 saturated carbocycles. The van der Waals surface area contributed by atoms with E-state index in [0.29, 0.717) is 11.3 Å². The van der Waals surface area contributed by atoms with Crippen LogP contribution in [0.4, 0.5) is 0 Å². The van der Waals surface area contributed by atoms with Gasteiger partial charge in [-0.3, -0.25) is 4.90 Å². The standard InChI is InChI=1S/C29H49N/c1-8-28(6)22-27(5,20-25-16-12-10-13-17-25)24(4)29(7,9-2)30(28)21-23(3)26-18-14-11-15-19-26/h11,14-15,18-19,23-25H,8-10,12-13,16-17,20-22H2,1-7H3. The van der Waals surface area contributed by atoms with E-state index < -0.39 is 0 Å². The molecule has 1 nitrogen and oxygen atoms in total. The molecule has 1 heteroatoms. The third kappa shape index (κ3) is 4.52. The molecule has 0 radical (unpaired) electrons. The van der Waals surface area contributed by atoms with E-state index in [9.17, 15) is 0 Å². The molecule has 0 spiro atoms. The Labute approximate surface area is 188 Å². The van der Waals surface area contributed by atoms with Gasteiger partial charge < -0.3 is 0 Å². The third-order valence-electron chi connectivity index (χ3n) is 9.81. The van der Waals surface area contributed by atoms with Crippen molar-refractivity contribution in [1.29, 1.82) is 0 Å². The monoisotopic (exact) mass is 411 g/mol. The van der Waals surface area contributed by atoms with Crippen LogP contribution in [0.1, 0.15) is 118 Å². The van der Waals surface area contributed by atoms with E-state index >= 15 is 0 Å². The smallest absolute Gasteiger partial charge is 0.0215 e. The Morgan fingerprint density at radius 2 is 1.60 bits per heavy atom. The first-order chi connectivity index (χ1) is 14.2. The average Bonchev–Trinajstić information content (AvgIpc) is 2.76. The van der Waals surface area contributed by atoms with Crippen molar-refractivity contribution in [3.8, 4) is 0 Å². The summed E-state index contributed by atoms with van der Waals surface area (Å²) < 4.78 is 0. The summed E-state index contributed by atoms with van der Waals surface area (Å²) in [6.07, 6.45) is 12.6. The molecule has 1 aliphatic carbocycles. The summed E-state index contributed by atoms with van der Waals surface area (Å²) >= 11 is 0. The lowest BCUT2D eigenvalue weighted by molar-refractivity contribution is -0.152. The van der Waals surface area contributed by atoms with Crippen LogP contribution in [0.15, 0.2) is 30.3 Å². The molecule has 3 rings (SSSR count). The Morgan fingerprint density at radius 1 is 0.967 bits per heavy atom. The summed E-state index contributed by atoms with van der Waals surface area (Å²) in [5, 5.41) is 0. The van der Waals surface area contributed by atoms with Crippen molar-refractivity contribution >= 4 is 0 Å². The highest BCUT2D eigenvalue weighted by Crippen LogP contribution is 2.57. The van der Waals surface area contributed by atoms with Crippen molar-refractivity contribution in [3.63, 3.8) is 0 Å². The highest BCUT2D eigenvalue weighted by atomic mass is 15.3. The lowest BCUT2D eigenvalue weighted by Crippen LogP contribution is -2.69. The van der Waals surface area contributed by atoms with Gasteiger partial charge >= 0.3 is 0 Å². The summed E-state index contributed by atoms with van der Waals surface area (Å²) in [6.45, 7) is 18.9. The maximum absolute atomic E-state index is 2.96. The van der Waals surface area contributed by atoms with E-state index in [0.717, 1.165) is 11.8 Å². The molecule has 0 aromatic heterocycles. The Morgan fingerprint density at radius 3 is 2.17 bits per heavy atom. The Bertz CT molecular complexity index is 662. The molecular formula is C29H49N. The summed E-state index contributed by atoms with van der Waals surface area (Å²) in [5.74, 6) is 2.25. The van der Waals surface area contributed by atoms with E-state index in [2.05, 4.69) is 83.7 Å².